The summed E-state index contributed by atoms with van der Waals surface area (Å²) in [7, 11) is 5.14. The first kappa shape index (κ1) is 20.8. The normalized spacial score (nSPS) is 11.8. The van der Waals surface area contributed by atoms with Gasteiger partial charge in [-0.15, -0.1) is 11.3 Å². The lowest BCUT2D eigenvalue weighted by Gasteiger charge is -2.14. The molecule has 0 aliphatic rings. The molecule has 0 fully saturated rings. The molecule has 0 radical (unpaired) electrons. The van der Waals surface area contributed by atoms with Crippen LogP contribution in [-0.2, 0) is 4.74 Å². The third-order valence-corrected chi connectivity index (χ3v) is 6.49. The number of para-hydroxylation sites is 1. The number of aryl methyl sites for hydroxylation is 1. The highest BCUT2D eigenvalue weighted by Gasteiger charge is 2.25. The number of aliphatic imine (C=N–C) groups is 1. The van der Waals surface area contributed by atoms with Gasteiger partial charge in [0, 0.05) is 24.9 Å². The molecule has 0 amide bonds. The molecule has 2 aromatic carbocycles. The molecule has 4 aromatic rings. The summed E-state index contributed by atoms with van der Waals surface area (Å²) in [5, 5.41) is 2.11. The van der Waals surface area contributed by atoms with Crippen LogP contribution in [0.2, 0.25) is 0 Å². The topological polar surface area (TPSA) is 63.9 Å². The standard InChI is InChI=1S/C24H23N3O3S/c1-14-10-6-9-13-18(14)27-22(28)17-12-8-7-11-16(17)19-20(25-15(2)26(3)4)21(24(29)30-5)31-23(19)27/h6-13H,1-5H3. The molecule has 0 atom stereocenters. The second-order valence-corrected chi connectivity index (χ2v) is 8.48. The van der Waals surface area contributed by atoms with E-state index in [1.807, 2.05) is 81.4 Å². The number of rotatable bonds is 3. The summed E-state index contributed by atoms with van der Waals surface area (Å²) < 4.78 is 6.75. The predicted octanol–water partition coefficient (Wildman–Crippen LogP) is 4.91. The summed E-state index contributed by atoms with van der Waals surface area (Å²) in [6.45, 7) is 3.84. The van der Waals surface area contributed by atoms with Gasteiger partial charge < -0.3 is 9.64 Å². The summed E-state index contributed by atoms with van der Waals surface area (Å²) >= 11 is 1.23. The molecule has 0 saturated heterocycles. The molecular formula is C24H23N3O3S. The zero-order valence-corrected chi connectivity index (χ0v) is 18.9. The molecule has 0 spiro atoms. The quantitative estimate of drug-likeness (QED) is 0.262. The second kappa shape index (κ2) is 8.00. The summed E-state index contributed by atoms with van der Waals surface area (Å²) in [5.74, 6) is 0.266. The van der Waals surface area contributed by atoms with Crippen LogP contribution in [0.5, 0.6) is 0 Å². The monoisotopic (exact) mass is 433 g/mol. The Bertz CT molecular complexity index is 1410. The number of pyridine rings is 1. The Hall–Kier alpha value is -3.45. The zero-order chi connectivity index (χ0) is 22.3. The minimum atomic E-state index is -0.473. The van der Waals surface area contributed by atoms with Crippen LogP contribution in [0.25, 0.3) is 26.7 Å². The Balaban J connectivity index is 2.28. The van der Waals surface area contributed by atoms with Gasteiger partial charge in [0.05, 0.1) is 12.8 Å². The number of aromatic nitrogens is 1. The Kier molecular flexibility index (Phi) is 5.37. The smallest absolute Gasteiger partial charge is 0.350 e. The van der Waals surface area contributed by atoms with Crippen LogP contribution in [0.4, 0.5) is 5.69 Å². The average molecular weight is 434 g/mol. The first-order valence-electron chi connectivity index (χ1n) is 9.82. The first-order chi connectivity index (χ1) is 14.8. The maximum atomic E-state index is 13.6. The maximum Gasteiger partial charge on any atom is 0.350 e. The van der Waals surface area contributed by atoms with E-state index in [1.165, 1.54) is 18.4 Å². The highest BCUT2D eigenvalue weighted by atomic mass is 32.1. The molecule has 0 aliphatic heterocycles. The fourth-order valence-electron chi connectivity index (χ4n) is 3.54. The van der Waals surface area contributed by atoms with Crippen LogP contribution in [0, 0.1) is 6.92 Å². The van der Waals surface area contributed by atoms with E-state index in [1.54, 1.807) is 4.57 Å². The number of benzene rings is 2. The molecular weight excluding hydrogens is 410 g/mol. The molecule has 7 heteroatoms. The number of ether oxygens (including phenoxy) is 1. The van der Waals surface area contributed by atoms with Gasteiger partial charge in [0.15, 0.2) is 0 Å². The Labute approximate surface area is 184 Å². The lowest BCUT2D eigenvalue weighted by Crippen LogP contribution is -2.19. The lowest BCUT2D eigenvalue weighted by molar-refractivity contribution is 0.0607. The van der Waals surface area contributed by atoms with E-state index in [9.17, 15) is 9.59 Å². The van der Waals surface area contributed by atoms with E-state index in [0.29, 0.717) is 20.8 Å². The van der Waals surface area contributed by atoms with Crippen molar-refractivity contribution in [3.05, 3.63) is 69.3 Å². The summed E-state index contributed by atoms with van der Waals surface area (Å²) in [6, 6.07) is 15.2. The van der Waals surface area contributed by atoms with Crippen molar-refractivity contribution in [2.45, 2.75) is 13.8 Å². The molecule has 0 saturated carbocycles. The van der Waals surface area contributed by atoms with Crippen LogP contribution in [0.15, 0.2) is 58.3 Å². The number of amidine groups is 1. The van der Waals surface area contributed by atoms with Gasteiger partial charge in [0.2, 0.25) is 0 Å². The van der Waals surface area contributed by atoms with E-state index in [-0.39, 0.29) is 5.56 Å². The number of methoxy groups -OCH3 is 1. The fourth-order valence-corrected chi connectivity index (χ4v) is 4.73. The van der Waals surface area contributed by atoms with Crippen molar-refractivity contribution in [2.24, 2.45) is 4.99 Å². The number of fused-ring (bicyclic) bond motifs is 3. The number of carbonyl (C=O) groups excluding carboxylic acids is 1. The lowest BCUT2D eigenvalue weighted by atomic mass is 10.1. The molecule has 0 N–H and O–H groups in total. The Morgan fingerprint density at radius 3 is 2.35 bits per heavy atom. The van der Waals surface area contributed by atoms with Crippen LogP contribution in [0.1, 0.15) is 22.2 Å². The van der Waals surface area contributed by atoms with Crippen LogP contribution in [0.3, 0.4) is 0 Å². The summed E-state index contributed by atoms with van der Waals surface area (Å²) in [6.07, 6.45) is 0. The van der Waals surface area contributed by atoms with Gasteiger partial charge in [-0.1, -0.05) is 36.4 Å². The van der Waals surface area contributed by atoms with E-state index in [2.05, 4.69) is 0 Å². The molecule has 0 unspecified atom stereocenters. The average Bonchev–Trinajstić information content (AvgIpc) is 3.13. The van der Waals surface area contributed by atoms with Gasteiger partial charge in [-0.05, 0) is 36.9 Å². The van der Waals surface area contributed by atoms with Crippen molar-refractivity contribution in [1.82, 2.24) is 9.47 Å². The Morgan fingerprint density at radius 1 is 1.06 bits per heavy atom. The molecule has 4 rings (SSSR count). The molecule has 2 heterocycles. The number of hydrogen-bond donors (Lipinski definition) is 0. The van der Waals surface area contributed by atoms with Gasteiger partial charge in [-0.2, -0.15) is 0 Å². The van der Waals surface area contributed by atoms with Crippen molar-refractivity contribution in [3.63, 3.8) is 0 Å². The van der Waals surface area contributed by atoms with Crippen molar-refractivity contribution in [3.8, 4) is 5.69 Å². The van der Waals surface area contributed by atoms with Crippen LogP contribution < -0.4 is 5.56 Å². The van der Waals surface area contributed by atoms with Gasteiger partial charge in [0.25, 0.3) is 5.56 Å². The number of hydrogen-bond acceptors (Lipinski definition) is 5. The summed E-state index contributed by atoms with van der Waals surface area (Å²) in [5.41, 5.74) is 2.14. The summed E-state index contributed by atoms with van der Waals surface area (Å²) in [4.78, 5) is 34.0. The third kappa shape index (κ3) is 3.41. The highest BCUT2D eigenvalue weighted by Crippen LogP contribution is 2.42. The molecule has 31 heavy (non-hydrogen) atoms. The van der Waals surface area contributed by atoms with Gasteiger partial charge in [-0.3, -0.25) is 9.36 Å². The number of nitrogens with zero attached hydrogens (tertiary/aromatic N) is 3. The van der Waals surface area contributed by atoms with E-state index in [4.69, 9.17) is 9.73 Å². The molecule has 158 valence electrons. The third-order valence-electron chi connectivity index (χ3n) is 5.35. The van der Waals surface area contributed by atoms with Gasteiger partial charge in [0.1, 0.15) is 21.2 Å². The molecule has 6 nitrogen and oxygen atoms in total. The molecule has 0 aliphatic carbocycles. The van der Waals surface area contributed by atoms with Crippen molar-refractivity contribution in [1.29, 1.82) is 0 Å². The number of esters is 1. The zero-order valence-electron chi connectivity index (χ0n) is 18.1. The van der Waals surface area contributed by atoms with E-state index < -0.39 is 5.97 Å². The highest BCUT2D eigenvalue weighted by molar-refractivity contribution is 7.21. The van der Waals surface area contributed by atoms with Crippen molar-refractivity contribution < 1.29 is 9.53 Å². The molecule has 0 bridgehead atoms. The fraction of sp³-hybridized carbons (Fsp3) is 0.208. The maximum absolute atomic E-state index is 13.6. The van der Waals surface area contributed by atoms with Crippen LogP contribution in [-0.4, -0.2) is 42.5 Å². The van der Waals surface area contributed by atoms with Crippen molar-refractivity contribution in [2.75, 3.05) is 21.2 Å². The molecule has 2 aromatic heterocycles. The first-order valence-corrected chi connectivity index (χ1v) is 10.6. The number of carbonyl (C=O) groups is 1. The van der Waals surface area contributed by atoms with Crippen molar-refractivity contribution >= 4 is 49.8 Å². The number of thiophene rings is 1. The van der Waals surface area contributed by atoms with Crippen LogP contribution >= 0.6 is 11.3 Å². The van der Waals surface area contributed by atoms with E-state index in [0.717, 1.165) is 27.9 Å². The van der Waals surface area contributed by atoms with Gasteiger partial charge >= 0.3 is 5.97 Å². The van der Waals surface area contributed by atoms with Gasteiger partial charge in [-0.25, -0.2) is 9.79 Å². The minimum Gasteiger partial charge on any atom is -0.465 e. The minimum absolute atomic E-state index is 0.130. The largest absolute Gasteiger partial charge is 0.465 e. The second-order valence-electron chi connectivity index (χ2n) is 7.48. The predicted molar refractivity (Wildman–Crippen MR) is 127 cm³/mol. The SMILES string of the molecule is COC(=O)c1sc2c(c1N=C(C)N(C)C)c1ccccc1c(=O)n2-c1ccccc1C. The Morgan fingerprint density at radius 2 is 1.71 bits per heavy atom. The van der Waals surface area contributed by atoms with E-state index >= 15 is 0 Å².